The van der Waals surface area contributed by atoms with E-state index in [4.69, 9.17) is 0 Å². The summed E-state index contributed by atoms with van der Waals surface area (Å²) in [5.41, 5.74) is 0.828. The quantitative estimate of drug-likeness (QED) is 0.888. The Morgan fingerprint density at radius 1 is 1.23 bits per heavy atom. The molecular formula is C18H21F3N4O. The first-order chi connectivity index (χ1) is 12.0. The Balaban J connectivity index is 1.76. The van der Waals surface area contributed by atoms with Gasteiger partial charge in [-0.1, -0.05) is 26.8 Å². The number of pyridine rings is 1. The average Bonchev–Trinajstić information content (AvgIpc) is 2.54. The lowest BCUT2D eigenvalue weighted by atomic mass is 9.95. The first-order valence-electron chi connectivity index (χ1n) is 8.41. The molecule has 0 atom stereocenters. The van der Waals surface area contributed by atoms with Gasteiger partial charge in [0.2, 0.25) is 0 Å². The molecule has 2 aromatic rings. The molecule has 0 bridgehead atoms. The van der Waals surface area contributed by atoms with E-state index in [0.29, 0.717) is 43.0 Å². The summed E-state index contributed by atoms with van der Waals surface area (Å²) in [6.45, 7) is 7.52. The molecule has 140 valence electrons. The van der Waals surface area contributed by atoms with Crippen molar-refractivity contribution >= 4 is 0 Å². The van der Waals surface area contributed by atoms with Crippen molar-refractivity contribution in [2.24, 2.45) is 0 Å². The zero-order valence-electron chi connectivity index (χ0n) is 14.9. The van der Waals surface area contributed by atoms with E-state index < -0.39 is 11.9 Å². The Morgan fingerprint density at radius 2 is 1.96 bits per heavy atom. The van der Waals surface area contributed by atoms with Gasteiger partial charge in [-0.05, 0) is 11.6 Å². The fourth-order valence-electron chi connectivity index (χ4n) is 2.92. The van der Waals surface area contributed by atoms with Crippen LogP contribution in [0.1, 0.15) is 49.1 Å². The van der Waals surface area contributed by atoms with Crippen molar-refractivity contribution in [1.29, 1.82) is 0 Å². The standard InChI is InChI=1S/C18H21F3N4O/c1-17(2,3)16-23-13-6-7-25(10-12(13)15(26)24-16)9-11-4-5-14(22-8-11)18(19,20)21/h4-5,8H,6-7,9-10H2,1-3H3,(H,23,24,26). The molecule has 3 rings (SSSR count). The van der Waals surface area contributed by atoms with E-state index in [2.05, 4.69) is 15.0 Å². The number of aromatic nitrogens is 3. The maximum absolute atomic E-state index is 12.6. The molecule has 0 spiro atoms. The van der Waals surface area contributed by atoms with Crippen LogP contribution >= 0.6 is 0 Å². The number of alkyl halides is 3. The number of H-pyrrole nitrogens is 1. The van der Waals surface area contributed by atoms with Crippen LogP contribution in [0, 0.1) is 0 Å². The van der Waals surface area contributed by atoms with Crippen molar-refractivity contribution < 1.29 is 13.2 Å². The van der Waals surface area contributed by atoms with E-state index in [1.54, 1.807) is 0 Å². The Hall–Kier alpha value is -2.22. The molecule has 8 heteroatoms. The van der Waals surface area contributed by atoms with Crippen molar-refractivity contribution in [3.63, 3.8) is 0 Å². The van der Waals surface area contributed by atoms with Crippen LogP contribution in [0.2, 0.25) is 0 Å². The predicted molar refractivity (Wildman–Crippen MR) is 90.6 cm³/mol. The maximum Gasteiger partial charge on any atom is 0.433 e. The van der Waals surface area contributed by atoms with Crippen molar-refractivity contribution in [3.8, 4) is 0 Å². The van der Waals surface area contributed by atoms with Crippen molar-refractivity contribution in [2.75, 3.05) is 6.54 Å². The summed E-state index contributed by atoms with van der Waals surface area (Å²) < 4.78 is 37.8. The van der Waals surface area contributed by atoms with Gasteiger partial charge in [-0.15, -0.1) is 0 Å². The number of hydrogen-bond acceptors (Lipinski definition) is 4. The minimum absolute atomic E-state index is 0.143. The number of nitrogens with zero attached hydrogens (tertiary/aromatic N) is 3. The van der Waals surface area contributed by atoms with Gasteiger partial charge in [-0.3, -0.25) is 14.7 Å². The molecule has 0 radical (unpaired) electrons. The van der Waals surface area contributed by atoms with Gasteiger partial charge in [0.1, 0.15) is 11.5 Å². The summed E-state index contributed by atoms with van der Waals surface area (Å²) in [7, 11) is 0. The summed E-state index contributed by atoms with van der Waals surface area (Å²) >= 11 is 0. The number of halogens is 3. The van der Waals surface area contributed by atoms with E-state index >= 15 is 0 Å². The summed E-state index contributed by atoms with van der Waals surface area (Å²) in [5.74, 6) is 0.668. The van der Waals surface area contributed by atoms with Crippen LogP contribution in [-0.4, -0.2) is 26.4 Å². The van der Waals surface area contributed by atoms with E-state index in [-0.39, 0.29) is 11.0 Å². The molecule has 0 amide bonds. The molecule has 0 unspecified atom stereocenters. The maximum atomic E-state index is 12.6. The number of hydrogen-bond donors (Lipinski definition) is 1. The second kappa shape index (κ2) is 6.50. The minimum Gasteiger partial charge on any atom is -0.310 e. The molecule has 0 aromatic carbocycles. The Labute approximate surface area is 149 Å². The average molecular weight is 366 g/mol. The molecule has 0 aliphatic carbocycles. The molecule has 0 saturated heterocycles. The van der Waals surface area contributed by atoms with Gasteiger partial charge in [0, 0.05) is 37.7 Å². The highest BCUT2D eigenvalue weighted by Crippen LogP contribution is 2.27. The van der Waals surface area contributed by atoms with E-state index in [0.717, 1.165) is 11.8 Å². The lowest BCUT2D eigenvalue weighted by Gasteiger charge is -2.28. The van der Waals surface area contributed by atoms with Gasteiger partial charge >= 0.3 is 6.18 Å². The molecule has 0 fully saturated rings. The van der Waals surface area contributed by atoms with Crippen LogP contribution in [0.5, 0.6) is 0 Å². The third-order valence-corrected chi connectivity index (χ3v) is 4.38. The molecule has 0 saturated carbocycles. The number of aromatic amines is 1. The second-order valence-corrected chi connectivity index (χ2v) is 7.60. The molecule has 26 heavy (non-hydrogen) atoms. The van der Waals surface area contributed by atoms with Crippen LogP contribution in [0.4, 0.5) is 13.2 Å². The van der Waals surface area contributed by atoms with Crippen LogP contribution in [0.25, 0.3) is 0 Å². The molecule has 1 aliphatic rings. The normalized spacial score (nSPS) is 15.8. The van der Waals surface area contributed by atoms with Crippen molar-refractivity contribution in [1.82, 2.24) is 19.9 Å². The van der Waals surface area contributed by atoms with E-state index in [1.165, 1.54) is 12.3 Å². The van der Waals surface area contributed by atoms with Crippen molar-refractivity contribution in [3.05, 3.63) is 57.0 Å². The smallest absolute Gasteiger partial charge is 0.310 e. The molecule has 3 heterocycles. The van der Waals surface area contributed by atoms with Gasteiger partial charge in [-0.25, -0.2) is 4.98 Å². The Bertz CT molecular complexity index is 851. The zero-order chi connectivity index (χ0) is 19.1. The van der Waals surface area contributed by atoms with Gasteiger partial charge in [0.25, 0.3) is 5.56 Å². The SMILES string of the molecule is CC(C)(C)c1nc2c(c(=O)[nH]1)CN(Cc1ccc(C(F)(F)F)nc1)CC2. The van der Waals surface area contributed by atoms with Gasteiger partial charge < -0.3 is 4.98 Å². The van der Waals surface area contributed by atoms with Crippen LogP contribution in [0.15, 0.2) is 23.1 Å². The summed E-state index contributed by atoms with van der Waals surface area (Å²) in [5, 5.41) is 0. The second-order valence-electron chi connectivity index (χ2n) is 7.60. The van der Waals surface area contributed by atoms with Gasteiger partial charge in [0.05, 0.1) is 11.3 Å². The third-order valence-electron chi connectivity index (χ3n) is 4.38. The van der Waals surface area contributed by atoms with Gasteiger partial charge in [-0.2, -0.15) is 13.2 Å². The van der Waals surface area contributed by atoms with Crippen molar-refractivity contribution in [2.45, 2.75) is 51.9 Å². The first kappa shape index (κ1) is 18.6. The highest BCUT2D eigenvalue weighted by Gasteiger charge is 2.32. The first-order valence-corrected chi connectivity index (χ1v) is 8.41. The lowest BCUT2D eigenvalue weighted by molar-refractivity contribution is -0.141. The topological polar surface area (TPSA) is 61.9 Å². The number of rotatable bonds is 2. The Morgan fingerprint density at radius 3 is 2.54 bits per heavy atom. The Kier molecular flexibility index (Phi) is 4.64. The molecule has 1 aliphatic heterocycles. The van der Waals surface area contributed by atoms with Crippen LogP contribution in [-0.2, 0) is 31.1 Å². The monoisotopic (exact) mass is 366 g/mol. The highest BCUT2D eigenvalue weighted by molar-refractivity contribution is 5.23. The summed E-state index contributed by atoms with van der Waals surface area (Å²) in [4.78, 5) is 25.4. The number of fused-ring (bicyclic) bond motifs is 1. The number of nitrogens with one attached hydrogen (secondary N) is 1. The molecule has 2 aromatic heterocycles. The summed E-state index contributed by atoms with van der Waals surface area (Å²) in [6, 6.07) is 2.41. The van der Waals surface area contributed by atoms with Crippen LogP contribution in [0.3, 0.4) is 0 Å². The highest BCUT2D eigenvalue weighted by atomic mass is 19.4. The van der Waals surface area contributed by atoms with Crippen LogP contribution < -0.4 is 5.56 Å². The zero-order valence-corrected chi connectivity index (χ0v) is 14.9. The summed E-state index contributed by atoms with van der Waals surface area (Å²) in [6.07, 6.45) is -2.56. The predicted octanol–water partition coefficient (Wildman–Crippen LogP) is 3.04. The van der Waals surface area contributed by atoms with E-state index in [9.17, 15) is 18.0 Å². The van der Waals surface area contributed by atoms with E-state index in [1.807, 2.05) is 25.7 Å². The molecular weight excluding hydrogens is 345 g/mol. The van der Waals surface area contributed by atoms with Gasteiger partial charge in [0.15, 0.2) is 0 Å². The minimum atomic E-state index is -4.44. The fourth-order valence-corrected chi connectivity index (χ4v) is 2.92. The third kappa shape index (κ3) is 3.95. The fraction of sp³-hybridized carbons (Fsp3) is 0.500. The largest absolute Gasteiger partial charge is 0.433 e. The lowest BCUT2D eigenvalue weighted by Crippen LogP contribution is -2.37. The molecule has 5 nitrogen and oxygen atoms in total. The molecule has 1 N–H and O–H groups in total.